The minimum Gasteiger partial charge on any atom is -0.336 e. The number of hydrogen-bond donors (Lipinski definition) is 2. The maximum Gasteiger partial charge on any atom is 0.321 e. The van der Waals surface area contributed by atoms with Crippen LogP contribution in [0.4, 0.5) is 16.3 Å². The van der Waals surface area contributed by atoms with Crippen LogP contribution < -0.4 is 15.5 Å². The first-order chi connectivity index (χ1) is 12.9. The number of carbonyl (C=O) groups is 3. The molecule has 1 saturated heterocycles. The Morgan fingerprint density at radius 1 is 1.30 bits per heavy atom. The highest BCUT2D eigenvalue weighted by molar-refractivity contribution is 6.00. The van der Waals surface area contributed by atoms with E-state index in [1.165, 1.54) is 4.90 Å². The van der Waals surface area contributed by atoms with Crippen molar-refractivity contribution in [2.45, 2.75) is 6.92 Å². The van der Waals surface area contributed by atoms with Gasteiger partial charge in [0, 0.05) is 37.6 Å². The fraction of sp³-hybridized carbons (Fsp3) is 0.263. The van der Waals surface area contributed by atoms with Crippen LogP contribution in [-0.4, -0.2) is 54.4 Å². The standard InChI is InChI=1S/C19H21N5O3/c1-13-6-7-20-16(10-13)22-17(25)12-23(2)18(26)14-4-3-5-15(11-14)24-9-8-21-19(24)27/h3-7,10-11H,8-9,12H2,1-2H3,(H,21,27)(H,20,22,25). The van der Waals surface area contributed by atoms with E-state index in [0.29, 0.717) is 30.2 Å². The summed E-state index contributed by atoms with van der Waals surface area (Å²) in [6.45, 7) is 2.92. The Morgan fingerprint density at radius 3 is 2.81 bits per heavy atom. The molecule has 4 amide bonds. The van der Waals surface area contributed by atoms with E-state index in [4.69, 9.17) is 0 Å². The lowest BCUT2D eigenvalue weighted by Gasteiger charge is -2.19. The van der Waals surface area contributed by atoms with Crippen molar-refractivity contribution in [2.24, 2.45) is 0 Å². The number of rotatable bonds is 5. The van der Waals surface area contributed by atoms with E-state index in [0.717, 1.165) is 5.56 Å². The summed E-state index contributed by atoms with van der Waals surface area (Å²) in [4.78, 5) is 43.6. The number of nitrogens with zero attached hydrogens (tertiary/aromatic N) is 3. The molecule has 2 aromatic rings. The summed E-state index contributed by atoms with van der Waals surface area (Å²) in [5, 5.41) is 5.40. The zero-order chi connectivity index (χ0) is 19.4. The van der Waals surface area contributed by atoms with Gasteiger partial charge in [-0.25, -0.2) is 9.78 Å². The third-order valence-corrected chi connectivity index (χ3v) is 4.17. The van der Waals surface area contributed by atoms with Crippen LogP contribution in [0.5, 0.6) is 0 Å². The minimum absolute atomic E-state index is 0.108. The van der Waals surface area contributed by atoms with Gasteiger partial charge in [0.2, 0.25) is 5.91 Å². The molecule has 3 rings (SSSR count). The molecule has 1 aromatic heterocycles. The molecule has 1 aliphatic heterocycles. The second-order valence-electron chi connectivity index (χ2n) is 6.36. The third-order valence-electron chi connectivity index (χ3n) is 4.17. The first-order valence-electron chi connectivity index (χ1n) is 8.57. The van der Waals surface area contributed by atoms with E-state index in [1.54, 1.807) is 48.5 Å². The highest BCUT2D eigenvalue weighted by Gasteiger charge is 2.22. The summed E-state index contributed by atoms with van der Waals surface area (Å²) in [5.41, 5.74) is 2.04. The van der Waals surface area contributed by atoms with Gasteiger partial charge in [0.25, 0.3) is 5.91 Å². The predicted molar refractivity (Wildman–Crippen MR) is 102 cm³/mol. The van der Waals surface area contributed by atoms with E-state index in [9.17, 15) is 14.4 Å². The quantitative estimate of drug-likeness (QED) is 0.840. The van der Waals surface area contributed by atoms with Crippen LogP contribution in [0.15, 0.2) is 42.6 Å². The number of anilines is 2. The average molecular weight is 367 g/mol. The topological polar surface area (TPSA) is 94.6 Å². The molecule has 0 unspecified atom stereocenters. The fourth-order valence-electron chi connectivity index (χ4n) is 2.82. The van der Waals surface area contributed by atoms with E-state index in [2.05, 4.69) is 15.6 Å². The Balaban J connectivity index is 1.64. The van der Waals surface area contributed by atoms with Crippen molar-refractivity contribution in [2.75, 3.05) is 36.9 Å². The van der Waals surface area contributed by atoms with Crippen molar-refractivity contribution in [1.29, 1.82) is 0 Å². The lowest BCUT2D eigenvalue weighted by atomic mass is 10.1. The number of benzene rings is 1. The molecule has 2 heterocycles. The maximum atomic E-state index is 12.6. The molecule has 0 bridgehead atoms. The molecule has 8 nitrogen and oxygen atoms in total. The van der Waals surface area contributed by atoms with Gasteiger partial charge in [0.15, 0.2) is 0 Å². The molecule has 8 heteroatoms. The number of likely N-dealkylation sites (N-methyl/N-ethyl adjacent to an activating group) is 1. The number of carbonyl (C=O) groups excluding carboxylic acids is 3. The van der Waals surface area contributed by atoms with Gasteiger partial charge in [0.1, 0.15) is 5.82 Å². The number of amides is 4. The lowest BCUT2D eigenvalue weighted by Crippen LogP contribution is -2.35. The summed E-state index contributed by atoms with van der Waals surface area (Å²) in [6, 6.07) is 10.2. The Kier molecular flexibility index (Phi) is 5.35. The van der Waals surface area contributed by atoms with Crippen molar-refractivity contribution in [3.05, 3.63) is 53.7 Å². The van der Waals surface area contributed by atoms with Crippen LogP contribution >= 0.6 is 0 Å². The van der Waals surface area contributed by atoms with E-state index in [1.807, 2.05) is 13.0 Å². The maximum absolute atomic E-state index is 12.6. The van der Waals surface area contributed by atoms with Gasteiger partial charge in [0.05, 0.1) is 6.54 Å². The number of aromatic nitrogens is 1. The second kappa shape index (κ2) is 7.86. The zero-order valence-electron chi connectivity index (χ0n) is 15.2. The van der Waals surface area contributed by atoms with Crippen LogP contribution in [0.3, 0.4) is 0 Å². The molecular formula is C19H21N5O3. The smallest absolute Gasteiger partial charge is 0.321 e. The molecule has 0 radical (unpaired) electrons. The summed E-state index contributed by atoms with van der Waals surface area (Å²) in [5.74, 6) is -0.189. The van der Waals surface area contributed by atoms with Crippen molar-refractivity contribution < 1.29 is 14.4 Å². The van der Waals surface area contributed by atoms with Gasteiger partial charge in [-0.2, -0.15) is 0 Å². The van der Waals surface area contributed by atoms with Crippen molar-refractivity contribution in [3.8, 4) is 0 Å². The van der Waals surface area contributed by atoms with Gasteiger partial charge in [-0.05, 0) is 42.8 Å². The van der Waals surface area contributed by atoms with Gasteiger partial charge >= 0.3 is 6.03 Å². The Hall–Kier alpha value is -3.42. The van der Waals surface area contributed by atoms with E-state index in [-0.39, 0.29) is 24.4 Å². The number of pyridine rings is 1. The number of aryl methyl sites for hydroxylation is 1. The fourth-order valence-corrected chi connectivity index (χ4v) is 2.82. The number of hydrogen-bond acceptors (Lipinski definition) is 4. The molecule has 1 fully saturated rings. The number of urea groups is 1. The third kappa shape index (κ3) is 4.41. The average Bonchev–Trinajstić information content (AvgIpc) is 3.07. The first kappa shape index (κ1) is 18.4. The van der Waals surface area contributed by atoms with Gasteiger partial charge in [-0.3, -0.25) is 14.5 Å². The van der Waals surface area contributed by atoms with Gasteiger partial charge < -0.3 is 15.5 Å². The van der Waals surface area contributed by atoms with Crippen molar-refractivity contribution in [1.82, 2.24) is 15.2 Å². The Labute approximate surface area is 157 Å². The molecular weight excluding hydrogens is 346 g/mol. The zero-order valence-corrected chi connectivity index (χ0v) is 15.2. The van der Waals surface area contributed by atoms with Gasteiger partial charge in [-0.15, -0.1) is 0 Å². The number of nitrogens with one attached hydrogen (secondary N) is 2. The molecule has 0 atom stereocenters. The van der Waals surface area contributed by atoms with E-state index >= 15 is 0 Å². The Morgan fingerprint density at radius 2 is 2.11 bits per heavy atom. The lowest BCUT2D eigenvalue weighted by molar-refractivity contribution is -0.116. The minimum atomic E-state index is -0.334. The summed E-state index contributed by atoms with van der Waals surface area (Å²) in [6.07, 6.45) is 1.61. The summed E-state index contributed by atoms with van der Waals surface area (Å²) in [7, 11) is 1.56. The Bertz CT molecular complexity index is 883. The SMILES string of the molecule is Cc1ccnc(NC(=O)CN(C)C(=O)c2cccc(N3CCNC3=O)c2)c1. The molecule has 27 heavy (non-hydrogen) atoms. The van der Waals surface area contributed by atoms with Crippen LogP contribution in [0.2, 0.25) is 0 Å². The van der Waals surface area contributed by atoms with Crippen molar-refractivity contribution >= 4 is 29.4 Å². The molecule has 140 valence electrons. The predicted octanol–water partition coefficient (Wildman–Crippen LogP) is 1.63. The summed E-state index contributed by atoms with van der Waals surface area (Å²) < 4.78 is 0. The van der Waals surface area contributed by atoms with Crippen LogP contribution in [-0.2, 0) is 4.79 Å². The van der Waals surface area contributed by atoms with Crippen LogP contribution in [0.1, 0.15) is 15.9 Å². The van der Waals surface area contributed by atoms with Crippen LogP contribution in [0, 0.1) is 6.92 Å². The van der Waals surface area contributed by atoms with Gasteiger partial charge in [-0.1, -0.05) is 6.07 Å². The second-order valence-corrected chi connectivity index (χ2v) is 6.36. The first-order valence-corrected chi connectivity index (χ1v) is 8.57. The van der Waals surface area contributed by atoms with E-state index < -0.39 is 0 Å². The molecule has 1 aliphatic rings. The molecule has 0 saturated carbocycles. The monoisotopic (exact) mass is 367 g/mol. The molecule has 0 aliphatic carbocycles. The highest BCUT2D eigenvalue weighted by atomic mass is 16.2. The molecule has 0 spiro atoms. The van der Waals surface area contributed by atoms with Crippen molar-refractivity contribution in [3.63, 3.8) is 0 Å². The highest BCUT2D eigenvalue weighted by Crippen LogP contribution is 2.19. The van der Waals surface area contributed by atoms with Crippen LogP contribution in [0.25, 0.3) is 0 Å². The molecule has 1 aromatic carbocycles. The largest absolute Gasteiger partial charge is 0.336 e. The normalized spacial score (nSPS) is 13.3. The molecule has 2 N–H and O–H groups in total. The summed E-state index contributed by atoms with van der Waals surface area (Å²) >= 11 is 0.